The van der Waals surface area contributed by atoms with Gasteiger partial charge in [0.2, 0.25) is 0 Å². The third-order valence-electron chi connectivity index (χ3n) is 2.76. The number of aromatic hydroxyl groups is 1. The van der Waals surface area contributed by atoms with Crippen LogP contribution in [0.5, 0.6) is 5.75 Å². The second-order valence-electron chi connectivity index (χ2n) is 4.25. The summed E-state index contributed by atoms with van der Waals surface area (Å²) < 4.78 is 13.4. The van der Waals surface area contributed by atoms with Gasteiger partial charge in [0, 0.05) is 12.1 Å². The molecule has 2 rings (SSSR count). The Morgan fingerprint density at radius 1 is 1.00 bits per heavy atom. The first kappa shape index (κ1) is 14.5. The molecule has 2 amide bonds. The molecular weight excluding hydrogens is 275 g/mol. The van der Waals surface area contributed by atoms with Crippen LogP contribution in [0, 0.1) is 5.82 Å². The van der Waals surface area contributed by atoms with Gasteiger partial charge in [0.15, 0.2) is 0 Å². The number of hydrogen-bond acceptors (Lipinski definition) is 3. The molecule has 0 unspecified atom stereocenters. The molecule has 0 fully saturated rings. The highest BCUT2D eigenvalue weighted by Gasteiger charge is 2.15. The normalized spacial score (nSPS) is 9.95. The summed E-state index contributed by atoms with van der Waals surface area (Å²) in [5.41, 5.74) is 0.407. The van der Waals surface area contributed by atoms with Crippen molar-refractivity contribution in [2.75, 3.05) is 5.32 Å². The summed E-state index contributed by atoms with van der Waals surface area (Å²) in [5, 5.41) is 14.1. The van der Waals surface area contributed by atoms with Gasteiger partial charge < -0.3 is 15.7 Å². The molecule has 0 saturated heterocycles. The van der Waals surface area contributed by atoms with Crippen molar-refractivity contribution in [1.29, 1.82) is 0 Å². The molecule has 0 aliphatic heterocycles. The number of nitrogens with one attached hydrogen (secondary N) is 2. The van der Waals surface area contributed by atoms with Gasteiger partial charge in [-0.2, -0.15) is 0 Å². The summed E-state index contributed by atoms with van der Waals surface area (Å²) in [6.45, 7) is -0.0975. The first-order chi connectivity index (χ1) is 10.1. The Morgan fingerprint density at radius 3 is 2.38 bits per heavy atom. The van der Waals surface area contributed by atoms with E-state index >= 15 is 0 Å². The molecule has 0 spiro atoms. The molecule has 21 heavy (non-hydrogen) atoms. The predicted octanol–water partition coefficient (Wildman–Crippen LogP) is 1.79. The molecule has 0 atom stereocenters. The van der Waals surface area contributed by atoms with Gasteiger partial charge >= 0.3 is 11.8 Å². The van der Waals surface area contributed by atoms with Gasteiger partial charge in [-0.15, -0.1) is 0 Å². The molecular formula is C15H13FN2O3. The maximum atomic E-state index is 13.4. The van der Waals surface area contributed by atoms with Crippen LogP contribution >= 0.6 is 0 Å². The Morgan fingerprint density at radius 2 is 1.67 bits per heavy atom. The number of rotatable bonds is 3. The third kappa shape index (κ3) is 3.79. The van der Waals surface area contributed by atoms with E-state index in [0.717, 1.165) is 0 Å². The Bertz CT molecular complexity index is 673. The second-order valence-corrected chi connectivity index (χ2v) is 4.25. The summed E-state index contributed by atoms with van der Waals surface area (Å²) in [6, 6.07) is 12.0. The van der Waals surface area contributed by atoms with Crippen LogP contribution in [0.15, 0.2) is 48.5 Å². The highest BCUT2D eigenvalue weighted by atomic mass is 19.1. The van der Waals surface area contributed by atoms with Crippen LogP contribution in [0.25, 0.3) is 0 Å². The molecule has 3 N–H and O–H groups in total. The summed E-state index contributed by atoms with van der Waals surface area (Å²) in [6.07, 6.45) is 0. The number of anilines is 1. The van der Waals surface area contributed by atoms with Crippen molar-refractivity contribution < 1.29 is 19.1 Å². The van der Waals surface area contributed by atoms with Gasteiger partial charge in [0.25, 0.3) is 0 Å². The van der Waals surface area contributed by atoms with Crippen LogP contribution in [-0.4, -0.2) is 16.9 Å². The van der Waals surface area contributed by atoms with Crippen LogP contribution in [0.1, 0.15) is 5.56 Å². The third-order valence-corrected chi connectivity index (χ3v) is 2.76. The number of amides is 2. The molecule has 0 aromatic heterocycles. The zero-order chi connectivity index (χ0) is 15.2. The highest BCUT2D eigenvalue weighted by Crippen LogP contribution is 2.21. The van der Waals surface area contributed by atoms with Crippen molar-refractivity contribution in [1.82, 2.24) is 5.32 Å². The monoisotopic (exact) mass is 288 g/mol. The fourth-order valence-corrected chi connectivity index (χ4v) is 1.66. The zero-order valence-electron chi connectivity index (χ0n) is 11.0. The Hall–Kier alpha value is -2.89. The lowest BCUT2D eigenvalue weighted by Gasteiger charge is -2.08. The molecule has 108 valence electrons. The smallest absolute Gasteiger partial charge is 0.313 e. The van der Waals surface area contributed by atoms with Crippen LogP contribution in [-0.2, 0) is 16.1 Å². The van der Waals surface area contributed by atoms with Crippen LogP contribution in [0.4, 0.5) is 10.1 Å². The van der Waals surface area contributed by atoms with E-state index in [9.17, 15) is 19.1 Å². The van der Waals surface area contributed by atoms with E-state index < -0.39 is 17.6 Å². The minimum Gasteiger partial charge on any atom is -0.506 e. The molecule has 0 bridgehead atoms. The van der Waals surface area contributed by atoms with Gasteiger partial charge in [-0.1, -0.05) is 30.3 Å². The largest absolute Gasteiger partial charge is 0.506 e. The van der Waals surface area contributed by atoms with Crippen molar-refractivity contribution in [3.63, 3.8) is 0 Å². The zero-order valence-corrected chi connectivity index (χ0v) is 11.0. The molecule has 5 nitrogen and oxygen atoms in total. The molecule has 0 aliphatic rings. The van der Waals surface area contributed by atoms with Gasteiger partial charge in [0.05, 0.1) is 5.69 Å². The standard InChI is InChI=1S/C15H13FN2O3/c16-11-6-2-1-5-10(11)9-17-14(20)15(21)18-12-7-3-4-8-13(12)19/h1-8,19H,9H2,(H,17,20)(H,18,21). The van der Waals surface area contributed by atoms with E-state index in [1.807, 2.05) is 0 Å². The van der Waals surface area contributed by atoms with Gasteiger partial charge in [-0.25, -0.2) is 4.39 Å². The summed E-state index contributed by atoms with van der Waals surface area (Å²) in [5.74, 6) is -2.46. The number of halogens is 1. The molecule has 6 heteroatoms. The minimum absolute atomic E-state index is 0.0975. The van der Waals surface area contributed by atoms with E-state index in [1.54, 1.807) is 18.2 Å². The van der Waals surface area contributed by atoms with E-state index in [1.165, 1.54) is 30.3 Å². The number of carbonyl (C=O) groups is 2. The highest BCUT2D eigenvalue weighted by molar-refractivity contribution is 6.39. The number of phenolic OH excluding ortho intramolecular Hbond substituents is 1. The van der Waals surface area contributed by atoms with Gasteiger partial charge in [0.1, 0.15) is 11.6 Å². The van der Waals surface area contributed by atoms with Gasteiger partial charge in [-0.05, 0) is 18.2 Å². The average Bonchev–Trinajstić information content (AvgIpc) is 2.48. The fraction of sp³-hybridized carbons (Fsp3) is 0.0667. The van der Waals surface area contributed by atoms with Crippen molar-refractivity contribution in [3.8, 4) is 5.75 Å². The molecule has 2 aromatic rings. The maximum absolute atomic E-state index is 13.4. The summed E-state index contributed by atoms with van der Waals surface area (Å²) in [7, 11) is 0. The lowest BCUT2D eigenvalue weighted by Crippen LogP contribution is -2.35. The van der Waals surface area contributed by atoms with Gasteiger partial charge in [-0.3, -0.25) is 9.59 Å². The number of carbonyl (C=O) groups excluding carboxylic acids is 2. The lowest BCUT2D eigenvalue weighted by molar-refractivity contribution is -0.136. The van der Waals surface area contributed by atoms with Crippen molar-refractivity contribution >= 4 is 17.5 Å². The van der Waals surface area contributed by atoms with E-state index in [-0.39, 0.29) is 23.5 Å². The molecule has 0 aliphatic carbocycles. The van der Waals surface area contributed by atoms with Crippen LogP contribution in [0.2, 0.25) is 0 Å². The lowest BCUT2D eigenvalue weighted by atomic mass is 10.2. The number of para-hydroxylation sites is 2. The van der Waals surface area contributed by atoms with E-state index in [2.05, 4.69) is 10.6 Å². The average molecular weight is 288 g/mol. The molecule has 0 heterocycles. The molecule has 2 aromatic carbocycles. The number of benzene rings is 2. The number of phenols is 1. The number of hydrogen-bond donors (Lipinski definition) is 3. The van der Waals surface area contributed by atoms with E-state index in [0.29, 0.717) is 0 Å². The van der Waals surface area contributed by atoms with Crippen molar-refractivity contribution in [2.24, 2.45) is 0 Å². The van der Waals surface area contributed by atoms with Crippen molar-refractivity contribution in [2.45, 2.75) is 6.54 Å². The first-order valence-corrected chi connectivity index (χ1v) is 6.18. The van der Waals surface area contributed by atoms with E-state index in [4.69, 9.17) is 0 Å². The van der Waals surface area contributed by atoms with Crippen LogP contribution in [0.3, 0.4) is 0 Å². The quantitative estimate of drug-likeness (QED) is 0.595. The topological polar surface area (TPSA) is 78.4 Å². The second kappa shape index (κ2) is 6.51. The Balaban J connectivity index is 1.93. The SMILES string of the molecule is O=C(NCc1ccccc1F)C(=O)Nc1ccccc1O. The fourth-order valence-electron chi connectivity index (χ4n) is 1.66. The first-order valence-electron chi connectivity index (χ1n) is 6.18. The van der Waals surface area contributed by atoms with Crippen LogP contribution < -0.4 is 10.6 Å². The van der Waals surface area contributed by atoms with Crippen molar-refractivity contribution in [3.05, 3.63) is 59.9 Å². The predicted molar refractivity (Wildman–Crippen MR) is 75.0 cm³/mol. The Kier molecular flexibility index (Phi) is 4.50. The summed E-state index contributed by atoms with van der Waals surface area (Å²) in [4.78, 5) is 23.3. The Labute approximate surface area is 120 Å². The summed E-state index contributed by atoms with van der Waals surface area (Å²) >= 11 is 0. The molecule has 0 radical (unpaired) electrons. The minimum atomic E-state index is -0.937. The molecule has 0 saturated carbocycles. The maximum Gasteiger partial charge on any atom is 0.313 e.